The van der Waals surface area contributed by atoms with Gasteiger partial charge < -0.3 is 4.74 Å². The van der Waals surface area contributed by atoms with Crippen LogP contribution in [0.3, 0.4) is 0 Å². The molecule has 0 spiro atoms. The van der Waals surface area contributed by atoms with Gasteiger partial charge in [0.15, 0.2) is 0 Å². The maximum atomic E-state index is 12.3. The Balaban J connectivity index is 1.72. The number of nitrogens with one attached hydrogen (secondary N) is 2. The molecule has 1 heterocycles. The van der Waals surface area contributed by atoms with Crippen LogP contribution in [-0.4, -0.2) is 28.9 Å². The minimum absolute atomic E-state index is 0.312. The lowest BCUT2D eigenvalue weighted by Gasteiger charge is -2.03. The van der Waals surface area contributed by atoms with Crippen LogP contribution in [0, 0.1) is 0 Å². The molecule has 0 atom stereocenters. The monoisotopic (exact) mass is 368 g/mol. The smallest absolute Gasteiger partial charge is 0.289 e. The fourth-order valence-corrected chi connectivity index (χ4v) is 2.63. The van der Waals surface area contributed by atoms with E-state index in [2.05, 4.69) is 20.7 Å². The largest absolute Gasteiger partial charge is 0.497 e. The summed E-state index contributed by atoms with van der Waals surface area (Å²) in [6, 6.07) is 16.4. The van der Waals surface area contributed by atoms with Crippen LogP contribution in [-0.2, 0) is 0 Å². The van der Waals surface area contributed by atoms with Crippen molar-refractivity contribution in [3.63, 3.8) is 0 Å². The van der Waals surface area contributed by atoms with Gasteiger partial charge in [-0.15, -0.1) is 0 Å². The number of aromatic amines is 1. The maximum absolute atomic E-state index is 12.3. The highest BCUT2D eigenvalue weighted by Gasteiger charge is 2.11. The Bertz CT molecular complexity index is 948. The number of nitrogens with zero attached hydrogens (tertiary/aromatic N) is 2. The number of amides is 1. The molecule has 3 aromatic rings. The predicted octanol–water partition coefficient (Wildman–Crippen LogP) is 3.89. The average Bonchev–Trinajstić information content (AvgIpc) is 3.16. The van der Waals surface area contributed by atoms with E-state index in [0.29, 0.717) is 22.1 Å². The minimum Gasteiger partial charge on any atom is -0.497 e. The molecule has 0 radical (unpaired) electrons. The van der Waals surface area contributed by atoms with Crippen molar-refractivity contribution in [3.05, 3.63) is 70.9 Å². The molecule has 7 heteroatoms. The molecule has 0 unspecified atom stereocenters. The Morgan fingerprint density at radius 1 is 1.19 bits per heavy atom. The topological polar surface area (TPSA) is 79.4 Å². The number of rotatable bonds is 5. The van der Waals surface area contributed by atoms with Crippen LogP contribution < -0.4 is 10.2 Å². The van der Waals surface area contributed by atoms with Gasteiger partial charge in [-0.05, 0) is 43.3 Å². The lowest BCUT2D eigenvalue weighted by atomic mass is 10.1. The molecule has 2 aromatic carbocycles. The molecule has 26 heavy (non-hydrogen) atoms. The maximum Gasteiger partial charge on any atom is 0.289 e. The molecule has 0 saturated heterocycles. The number of H-pyrrole nitrogens is 1. The molecule has 0 bridgehead atoms. The van der Waals surface area contributed by atoms with E-state index in [-0.39, 0.29) is 5.91 Å². The van der Waals surface area contributed by atoms with Gasteiger partial charge in [-0.25, -0.2) is 5.43 Å². The SMILES string of the molecule is COc1ccc(-c2cc(C(=O)N/N=C(/C)c3ccccc3Cl)[nH]n2)cc1. The second kappa shape index (κ2) is 7.84. The Morgan fingerprint density at radius 3 is 2.62 bits per heavy atom. The van der Waals surface area contributed by atoms with Gasteiger partial charge in [0.25, 0.3) is 5.91 Å². The van der Waals surface area contributed by atoms with E-state index in [1.165, 1.54) is 0 Å². The Morgan fingerprint density at radius 2 is 1.92 bits per heavy atom. The third kappa shape index (κ3) is 3.92. The van der Waals surface area contributed by atoms with E-state index >= 15 is 0 Å². The summed E-state index contributed by atoms with van der Waals surface area (Å²) in [6.45, 7) is 1.78. The van der Waals surface area contributed by atoms with E-state index in [1.807, 2.05) is 42.5 Å². The van der Waals surface area contributed by atoms with Gasteiger partial charge in [0.1, 0.15) is 11.4 Å². The van der Waals surface area contributed by atoms with Gasteiger partial charge in [0.2, 0.25) is 0 Å². The fourth-order valence-electron chi connectivity index (χ4n) is 2.36. The third-order valence-electron chi connectivity index (χ3n) is 3.80. The Hall–Kier alpha value is -3.12. The third-order valence-corrected chi connectivity index (χ3v) is 4.13. The van der Waals surface area contributed by atoms with Crippen LogP contribution in [0.25, 0.3) is 11.3 Å². The first-order valence-corrected chi connectivity index (χ1v) is 8.25. The summed E-state index contributed by atoms with van der Waals surface area (Å²) in [5.41, 5.74) is 5.72. The molecule has 0 aliphatic rings. The van der Waals surface area contributed by atoms with Gasteiger partial charge in [0, 0.05) is 16.1 Å². The molecule has 132 valence electrons. The van der Waals surface area contributed by atoms with Crippen molar-refractivity contribution in [2.75, 3.05) is 7.11 Å². The molecular formula is C19H17ClN4O2. The van der Waals surface area contributed by atoms with Crippen molar-refractivity contribution < 1.29 is 9.53 Å². The summed E-state index contributed by atoms with van der Waals surface area (Å²) < 4.78 is 5.13. The number of hydrogen-bond acceptors (Lipinski definition) is 4. The van der Waals surface area contributed by atoms with E-state index < -0.39 is 0 Å². The molecule has 2 N–H and O–H groups in total. The molecule has 1 amide bonds. The number of hydrogen-bond donors (Lipinski definition) is 2. The number of ether oxygens (including phenoxy) is 1. The molecule has 3 rings (SSSR count). The first-order valence-electron chi connectivity index (χ1n) is 7.88. The lowest BCUT2D eigenvalue weighted by molar-refractivity contribution is 0.0950. The van der Waals surface area contributed by atoms with Gasteiger partial charge >= 0.3 is 0 Å². The Labute approximate surface area is 155 Å². The average molecular weight is 369 g/mol. The molecule has 6 nitrogen and oxygen atoms in total. The van der Waals surface area contributed by atoms with Crippen molar-refractivity contribution in [3.8, 4) is 17.0 Å². The quantitative estimate of drug-likeness (QED) is 0.529. The summed E-state index contributed by atoms with van der Waals surface area (Å²) in [5.74, 6) is 0.371. The summed E-state index contributed by atoms with van der Waals surface area (Å²) in [7, 11) is 1.61. The van der Waals surface area contributed by atoms with Gasteiger partial charge in [-0.3, -0.25) is 9.89 Å². The molecule has 0 saturated carbocycles. The fraction of sp³-hybridized carbons (Fsp3) is 0.105. The Kier molecular flexibility index (Phi) is 5.34. The number of carbonyl (C=O) groups excluding carboxylic acids is 1. The summed E-state index contributed by atoms with van der Waals surface area (Å²) in [6.07, 6.45) is 0. The number of carbonyl (C=O) groups is 1. The van der Waals surface area contributed by atoms with E-state index in [4.69, 9.17) is 16.3 Å². The van der Waals surface area contributed by atoms with E-state index in [0.717, 1.165) is 16.9 Å². The second-order valence-electron chi connectivity index (χ2n) is 5.51. The zero-order valence-corrected chi connectivity index (χ0v) is 15.0. The lowest BCUT2D eigenvalue weighted by Crippen LogP contribution is -2.19. The van der Waals surface area contributed by atoms with Gasteiger partial charge in [-0.2, -0.15) is 10.2 Å². The van der Waals surface area contributed by atoms with Crippen LogP contribution in [0.15, 0.2) is 59.7 Å². The van der Waals surface area contributed by atoms with Crippen molar-refractivity contribution in [2.45, 2.75) is 6.92 Å². The van der Waals surface area contributed by atoms with Crippen molar-refractivity contribution in [2.24, 2.45) is 5.10 Å². The minimum atomic E-state index is -0.385. The van der Waals surface area contributed by atoms with Crippen molar-refractivity contribution in [1.82, 2.24) is 15.6 Å². The number of benzene rings is 2. The van der Waals surface area contributed by atoms with Gasteiger partial charge in [0.05, 0.1) is 18.5 Å². The van der Waals surface area contributed by atoms with Crippen molar-refractivity contribution in [1.29, 1.82) is 0 Å². The van der Waals surface area contributed by atoms with E-state index in [1.54, 1.807) is 26.2 Å². The molecule has 0 fully saturated rings. The molecule has 0 aliphatic carbocycles. The molecule has 1 aromatic heterocycles. The normalized spacial score (nSPS) is 11.3. The molecule has 0 aliphatic heterocycles. The van der Waals surface area contributed by atoms with E-state index in [9.17, 15) is 4.79 Å². The highest BCUT2D eigenvalue weighted by Crippen LogP contribution is 2.21. The summed E-state index contributed by atoms with van der Waals surface area (Å²) in [5, 5.41) is 11.6. The van der Waals surface area contributed by atoms with Gasteiger partial charge in [-0.1, -0.05) is 29.8 Å². The molecular weight excluding hydrogens is 352 g/mol. The van der Waals surface area contributed by atoms with Crippen LogP contribution in [0.4, 0.5) is 0 Å². The zero-order valence-electron chi connectivity index (χ0n) is 14.3. The van der Waals surface area contributed by atoms with Crippen LogP contribution in [0.2, 0.25) is 5.02 Å². The highest BCUT2D eigenvalue weighted by molar-refractivity contribution is 6.34. The first kappa shape index (κ1) is 17.7. The summed E-state index contributed by atoms with van der Waals surface area (Å²) in [4.78, 5) is 12.3. The van der Waals surface area contributed by atoms with Crippen molar-refractivity contribution >= 4 is 23.2 Å². The number of hydrazone groups is 1. The van der Waals surface area contributed by atoms with Crippen LogP contribution in [0.1, 0.15) is 23.0 Å². The highest BCUT2D eigenvalue weighted by atomic mass is 35.5. The first-order chi connectivity index (χ1) is 12.6. The number of aromatic nitrogens is 2. The predicted molar refractivity (Wildman–Crippen MR) is 102 cm³/mol. The number of halogens is 1. The standard InChI is InChI=1S/C19H17ClN4O2/c1-12(15-5-3-4-6-16(15)20)21-24-19(25)18-11-17(22-23-18)13-7-9-14(26-2)10-8-13/h3-11H,1-2H3,(H,22,23)(H,24,25)/b21-12-. The van der Waals surface area contributed by atoms with Crippen LogP contribution >= 0.6 is 11.6 Å². The second-order valence-corrected chi connectivity index (χ2v) is 5.92. The van der Waals surface area contributed by atoms with Crippen LogP contribution in [0.5, 0.6) is 5.75 Å². The number of methoxy groups -OCH3 is 1. The summed E-state index contributed by atoms with van der Waals surface area (Å²) >= 11 is 6.13. The zero-order chi connectivity index (χ0) is 18.5.